The molecule has 6 nitrogen and oxygen atoms in total. The third-order valence-electron chi connectivity index (χ3n) is 4.35. The van der Waals surface area contributed by atoms with Crippen LogP contribution in [0.4, 0.5) is 0 Å². The zero-order valence-corrected chi connectivity index (χ0v) is 15.4. The van der Waals surface area contributed by atoms with Gasteiger partial charge >= 0.3 is 0 Å². The first-order chi connectivity index (χ1) is 12.0. The van der Waals surface area contributed by atoms with Crippen LogP contribution in [0.25, 0.3) is 0 Å². The van der Waals surface area contributed by atoms with Gasteiger partial charge in [-0.25, -0.2) is 4.98 Å². The average Bonchev–Trinajstić information content (AvgIpc) is 2.60. The normalized spacial score (nSPS) is 15.4. The largest absolute Gasteiger partial charge is 0.487 e. The van der Waals surface area contributed by atoms with Crippen LogP contribution in [0.3, 0.4) is 0 Å². The second-order valence-corrected chi connectivity index (χ2v) is 6.77. The maximum absolute atomic E-state index is 10.4. The number of methoxy groups -OCH3 is 1. The predicted molar refractivity (Wildman–Crippen MR) is 94.8 cm³/mol. The number of pyridine rings is 1. The predicted octanol–water partition coefficient (Wildman–Crippen LogP) is 2.62. The van der Waals surface area contributed by atoms with Crippen molar-refractivity contribution in [3.8, 4) is 11.6 Å². The molecule has 0 aromatic carbocycles. The molecule has 0 fully saturated rings. The Balaban J connectivity index is 2.07. The Hall–Kier alpha value is -1.63. The lowest BCUT2D eigenvalue weighted by Gasteiger charge is -2.29. The summed E-state index contributed by atoms with van der Waals surface area (Å²) >= 11 is 0. The van der Waals surface area contributed by atoms with Crippen LogP contribution in [0, 0.1) is 0 Å². The average molecular weight is 351 g/mol. The van der Waals surface area contributed by atoms with Gasteiger partial charge in [0.2, 0.25) is 5.88 Å². The highest BCUT2D eigenvalue weighted by atomic mass is 16.5. The SMILES string of the molecule is COCCOc1cc(CO)c(OCC2=C(C(C)(C)O)CCCC2)cn1. The fourth-order valence-electron chi connectivity index (χ4n) is 3.06. The molecule has 0 bridgehead atoms. The summed E-state index contributed by atoms with van der Waals surface area (Å²) in [5.74, 6) is 0.970. The van der Waals surface area contributed by atoms with Crippen molar-refractivity contribution >= 4 is 0 Å². The van der Waals surface area contributed by atoms with E-state index >= 15 is 0 Å². The molecule has 2 rings (SSSR count). The fourth-order valence-corrected chi connectivity index (χ4v) is 3.06. The fraction of sp³-hybridized carbons (Fsp3) is 0.632. The highest BCUT2D eigenvalue weighted by Gasteiger charge is 2.25. The van der Waals surface area contributed by atoms with E-state index in [1.807, 2.05) is 13.8 Å². The third kappa shape index (κ3) is 5.70. The molecule has 1 aromatic heterocycles. The van der Waals surface area contributed by atoms with Crippen LogP contribution >= 0.6 is 0 Å². The smallest absolute Gasteiger partial charge is 0.213 e. The van der Waals surface area contributed by atoms with Gasteiger partial charge in [0, 0.05) is 18.7 Å². The minimum atomic E-state index is -0.823. The summed E-state index contributed by atoms with van der Waals surface area (Å²) in [4.78, 5) is 4.21. The first-order valence-corrected chi connectivity index (χ1v) is 8.73. The minimum absolute atomic E-state index is 0.157. The molecule has 2 N–H and O–H groups in total. The molecule has 0 spiro atoms. The van der Waals surface area contributed by atoms with Crippen LogP contribution in [0.2, 0.25) is 0 Å². The van der Waals surface area contributed by atoms with Gasteiger partial charge in [-0.15, -0.1) is 0 Å². The maximum Gasteiger partial charge on any atom is 0.213 e. The number of aliphatic hydroxyl groups is 2. The molecule has 1 aromatic rings. The van der Waals surface area contributed by atoms with E-state index in [9.17, 15) is 10.2 Å². The molecule has 0 radical (unpaired) electrons. The molecule has 0 unspecified atom stereocenters. The van der Waals surface area contributed by atoms with Crippen molar-refractivity contribution in [3.05, 3.63) is 29.0 Å². The number of aliphatic hydroxyl groups excluding tert-OH is 1. The number of nitrogens with zero attached hydrogens (tertiary/aromatic N) is 1. The van der Waals surface area contributed by atoms with Crippen molar-refractivity contribution in [1.82, 2.24) is 4.98 Å². The number of rotatable bonds is 9. The van der Waals surface area contributed by atoms with Gasteiger partial charge in [-0.3, -0.25) is 0 Å². The molecule has 0 saturated heterocycles. The number of hydrogen-bond donors (Lipinski definition) is 2. The van der Waals surface area contributed by atoms with Crippen molar-refractivity contribution in [1.29, 1.82) is 0 Å². The van der Waals surface area contributed by atoms with E-state index in [2.05, 4.69) is 4.98 Å². The molecular formula is C19H29NO5. The van der Waals surface area contributed by atoms with Gasteiger partial charge in [0.15, 0.2) is 0 Å². The lowest BCUT2D eigenvalue weighted by atomic mass is 9.83. The van der Waals surface area contributed by atoms with Crippen molar-refractivity contribution < 1.29 is 24.4 Å². The lowest BCUT2D eigenvalue weighted by Crippen LogP contribution is -2.27. The minimum Gasteiger partial charge on any atom is -0.487 e. The quantitative estimate of drug-likeness (QED) is 0.526. The van der Waals surface area contributed by atoms with E-state index in [1.165, 1.54) is 0 Å². The first kappa shape index (κ1) is 19.7. The number of ether oxygens (including phenoxy) is 3. The van der Waals surface area contributed by atoms with E-state index in [4.69, 9.17) is 14.2 Å². The van der Waals surface area contributed by atoms with E-state index in [1.54, 1.807) is 19.4 Å². The number of aromatic nitrogens is 1. The van der Waals surface area contributed by atoms with Crippen molar-refractivity contribution in [2.75, 3.05) is 26.9 Å². The molecule has 1 aliphatic rings. The monoisotopic (exact) mass is 351 g/mol. The second kappa shape index (κ2) is 9.17. The van der Waals surface area contributed by atoms with E-state index in [-0.39, 0.29) is 6.61 Å². The molecule has 0 saturated carbocycles. The molecule has 6 heteroatoms. The highest BCUT2D eigenvalue weighted by Crippen LogP contribution is 2.33. The zero-order chi connectivity index (χ0) is 18.3. The van der Waals surface area contributed by atoms with Crippen LogP contribution in [-0.4, -0.2) is 47.7 Å². The van der Waals surface area contributed by atoms with Crippen LogP contribution in [0.1, 0.15) is 45.1 Å². The number of hydrogen-bond acceptors (Lipinski definition) is 6. The lowest BCUT2D eigenvalue weighted by molar-refractivity contribution is 0.110. The van der Waals surface area contributed by atoms with Crippen LogP contribution in [0.5, 0.6) is 11.6 Å². The molecular weight excluding hydrogens is 322 g/mol. The van der Waals surface area contributed by atoms with Crippen LogP contribution < -0.4 is 9.47 Å². The Morgan fingerprint density at radius 3 is 2.60 bits per heavy atom. The van der Waals surface area contributed by atoms with Gasteiger partial charge in [-0.1, -0.05) is 0 Å². The summed E-state index contributed by atoms with van der Waals surface area (Å²) in [5, 5.41) is 20.0. The topological polar surface area (TPSA) is 81.0 Å². The van der Waals surface area contributed by atoms with Gasteiger partial charge in [0.25, 0.3) is 0 Å². The Bertz CT molecular complexity index is 592. The van der Waals surface area contributed by atoms with E-state index < -0.39 is 5.60 Å². The summed E-state index contributed by atoms with van der Waals surface area (Å²) in [6, 6.07) is 1.68. The highest BCUT2D eigenvalue weighted by molar-refractivity contribution is 5.35. The van der Waals surface area contributed by atoms with E-state index in [0.717, 1.165) is 36.8 Å². The van der Waals surface area contributed by atoms with Crippen LogP contribution in [-0.2, 0) is 11.3 Å². The first-order valence-electron chi connectivity index (χ1n) is 8.73. The summed E-state index contributed by atoms with van der Waals surface area (Å²) in [6.07, 6.45) is 5.61. The molecule has 140 valence electrons. The Kier molecular flexibility index (Phi) is 7.23. The Morgan fingerprint density at radius 1 is 1.16 bits per heavy atom. The molecule has 0 atom stereocenters. The summed E-state index contributed by atoms with van der Waals surface area (Å²) in [5.41, 5.74) is 2.01. The summed E-state index contributed by atoms with van der Waals surface area (Å²) < 4.78 is 16.3. The van der Waals surface area contributed by atoms with Gasteiger partial charge in [-0.05, 0) is 50.7 Å². The van der Waals surface area contributed by atoms with Crippen molar-refractivity contribution in [3.63, 3.8) is 0 Å². The van der Waals surface area contributed by atoms with Gasteiger partial charge in [0.05, 0.1) is 25.0 Å². The zero-order valence-electron chi connectivity index (χ0n) is 15.4. The standard InChI is InChI=1S/C19H29NO5/c1-19(2,22)16-7-5-4-6-14(16)13-25-17-11-20-18(10-15(17)12-21)24-9-8-23-3/h10-11,21-22H,4-9,12-13H2,1-3H3. The van der Waals surface area contributed by atoms with Gasteiger partial charge < -0.3 is 24.4 Å². The maximum atomic E-state index is 10.4. The second-order valence-electron chi connectivity index (χ2n) is 6.77. The van der Waals surface area contributed by atoms with Crippen LogP contribution in [0.15, 0.2) is 23.4 Å². The Morgan fingerprint density at radius 2 is 1.92 bits per heavy atom. The molecule has 1 aliphatic carbocycles. The third-order valence-corrected chi connectivity index (χ3v) is 4.35. The summed E-state index contributed by atoms with van der Waals surface area (Å²) in [6.45, 7) is 4.76. The van der Waals surface area contributed by atoms with E-state index in [0.29, 0.717) is 37.0 Å². The Labute approximate surface area is 149 Å². The molecule has 25 heavy (non-hydrogen) atoms. The molecule has 0 aliphatic heterocycles. The van der Waals surface area contributed by atoms with Gasteiger partial charge in [0.1, 0.15) is 19.0 Å². The molecule has 0 amide bonds. The summed E-state index contributed by atoms with van der Waals surface area (Å²) in [7, 11) is 1.61. The van der Waals surface area contributed by atoms with Gasteiger partial charge in [-0.2, -0.15) is 0 Å². The van der Waals surface area contributed by atoms with Crippen molar-refractivity contribution in [2.24, 2.45) is 0 Å². The molecule has 1 heterocycles. The van der Waals surface area contributed by atoms with Crippen molar-refractivity contribution in [2.45, 2.75) is 51.7 Å².